The summed E-state index contributed by atoms with van der Waals surface area (Å²) in [4.78, 5) is 16.2. The first kappa shape index (κ1) is 13.5. The fourth-order valence-electron chi connectivity index (χ4n) is 1.61. The second-order valence-corrected chi connectivity index (χ2v) is 4.66. The van der Waals surface area contributed by atoms with E-state index in [4.69, 9.17) is 0 Å². The van der Waals surface area contributed by atoms with Crippen LogP contribution in [-0.4, -0.2) is 17.1 Å². The second-order valence-electron chi connectivity index (χ2n) is 3.87. The maximum Gasteiger partial charge on any atom is 0.254 e. The molecule has 19 heavy (non-hydrogen) atoms. The van der Waals surface area contributed by atoms with Crippen molar-refractivity contribution in [2.24, 2.45) is 0 Å². The van der Waals surface area contributed by atoms with Gasteiger partial charge in [-0.1, -0.05) is 12.1 Å². The normalized spacial score (nSPS) is 10.2. The van der Waals surface area contributed by atoms with E-state index >= 15 is 0 Å². The molecule has 98 valence electrons. The van der Waals surface area contributed by atoms with Gasteiger partial charge >= 0.3 is 0 Å². The Kier molecular flexibility index (Phi) is 4.52. The van der Waals surface area contributed by atoms with Gasteiger partial charge in [-0.2, -0.15) is 0 Å². The number of thioether (sulfide) groups is 1. The van der Waals surface area contributed by atoms with Crippen molar-refractivity contribution in [3.8, 4) is 0 Å². The average molecular weight is 276 g/mol. The Morgan fingerprint density at radius 1 is 1.32 bits per heavy atom. The van der Waals surface area contributed by atoms with Gasteiger partial charge < -0.3 is 5.32 Å². The molecule has 0 aliphatic rings. The molecule has 1 aromatic carbocycles. The van der Waals surface area contributed by atoms with Gasteiger partial charge in [0.05, 0.1) is 5.56 Å². The molecule has 1 heterocycles. The first-order chi connectivity index (χ1) is 9.20. The van der Waals surface area contributed by atoms with Crippen molar-refractivity contribution in [3.05, 3.63) is 59.5 Å². The lowest BCUT2D eigenvalue weighted by Gasteiger charge is -2.07. The Morgan fingerprint density at radius 3 is 2.74 bits per heavy atom. The molecule has 0 spiro atoms. The van der Waals surface area contributed by atoms with Crippen molar-refractivity contribution < 1.29 is 9.18 Å². The number of aromatic nitrogens is 1. The molecule has 3 nitrogen and oxygen atoms in total. The maximum atomic E-state index is 12.8. The summed E-state index contributed by atoms with van der Waals surface area (Å²) in [6, 6.07) is 9.51. The van der Waals surface area contributed by atoms with Crippen molar-refractivity contribution >= 4 is 17.7 Å². The van der Waals surface area contributed by atoms with Crippen molar-refractivity contribution in [2.75, 3.05) is 6.26 Å². The van der Waals surface area contributed by atoms with Crippen molar-refractivity contribution in [2.45, 2.75) is 11.6 Å². The van der Waals surface area contributed by atoms with Crippen LogP contribution in [0.2, 0.25) is 0 Å². The summed E-state index contributed by atoms with van der Waals surface area (Å²) in [5.74, 6) is -0.464. The predicted molar refractivity (Wildman–Crippen MR) is 73.6 cm³/mol. The lowest BCUT2D eigenvalue weighted by molar-refractivity contribution is 0.0947. The molecule has 5 heteroatoms. The molecule has 0 atom stereocenters. The minimum Gasteiger partial charge on any atom is -0.348 e. The van der Waals surface area contributed by atoms with Crippen LogP contribution >= 0.6 is 11.8 Å². The molecule has 0 unspecified atom stereocenters. The van der Waals surface area contributed by atoms with Gasteiger partial charge in [-0.25, -0.2) is 9.37 Å². The molecule has 0 bridgehead atoms. The molecule has 1 N–H and O–H groups in total. The van der Waals surface area contributed by atoms with Gasteiger partial charge in [0.15, 0.2) is 0 Å². The average Bonchev–Trinajstić information content (AvgIpc) is 2.46. The van der Waals surface area contributed by atoms with Crippen LogP contribution in [0.15, 0.2) is 47.6 Å². The summed E-state index contributed by atoms with van der Waals surface area (Å²) in [5, 5.41) is 3.49. The zero-order valence-electron chi connectivity index (χ0n) is 10.4. The third-order valence-electron chi connectivity index (χ3n) is 2.58. The number of nitrogens with zero attached hydrogens (tertiary/aromatic N) is 1. The smallest absolute Gasteiger partial charge is 0.254 e. The van der Waals surface area contributed by atoms with Crippen LogP contribution in [0, 0.1) is 5.82 Å². The number of carbonyl (C=O) groups excluding carboxylic acids is 1. The molecule has 1 amide bonds. The Bertz CT molecular complexity index is 572. The molecule has 1 aromatic heterocycles. The highest BCUT2D eigenvalue weighted by Gasteiger charge is 2.10. The standard InChI is InChI=1S/C14H13FN2OS/c1-19-14-12(3-2-8-16-14)13(18)17-9-10-4-6-11(15)7-5-10/h2-8H,9H2,1H3,(H,17,18). The summed E-state index contributed by atoms with van der Waals surface area (Å²) in [5.41, 5.74) is 1.40. The highest BCUT2D eigenvalue weighted by Crippen LogP contribution is 2.16. The molecule has 0 saturated carbocycles. The highest BCUT2D eigenvalue weighted by atomic mass is 32.2. The number of rotatable bonds is 4. The Labute approximate surface area is 115 Å². The molecule has 2 aromatic rings. The van der Waals surface area contributed by atoms with Crippen LogP contribution in [0.3, 0.4) is 0 Å². The molecule has 0 fully saturated rings. The highest BCUT2D eigenvalue weighted by molar-refractivity contribution is 7.98. The third kappa shape index (κ3) is 3.54. The zero-order chi connectivity index (χ0) is 13.7. The van der Waals surface area contributed by atoms with Gasteiger partial charge in [-0.05, 0) is 36.1 Å². The van der Waals surface area contributed by atoms with E-state index in [0.29, 0.717) is 17.1 Å². The topological polar surface area (TPSA) is 42.0 Å². The first-order valence-electron chi connectivity index (χ1n) is 5.72. The monoisotopic (exact) mass is 276 g/mol. The lowest BCUT2D eigenvalue weighted by Crippen LogP contribution is -2.23. The van der Waals surface area contributed by atoms with E-state index in [1.807, 2.05) is 6.26 Å². The summed E-state index contributed by atoms with van der Waals surface area (Å²) in [6.45, 7) is 0.363. The summed E-state index contributed by atoms with van der Waals surface area (Å²) < 4.78 is 12.8. The predicted octanol–water partition coefficient (Wildman–Crippen LogP) is 2.87. The molecular formula is C14H13FN2OS. The number of carbonyl (C=O) groups is 1. The molecule has 0 saturated heterocycles. The van der Waals surface area contributed by atoms with Crippen LogP contribution < -0.4 is 5.32 Å². The molecule has 0 radical (unpaired) electrons. The first-order valence-corrected chi connectivity index (χ1v) is 6.95. The number of benzene rings is 1. The summed E-state index contributed by atoms with van der Waals surface area (Å²) in [7, 11) is 0. The van der Waals surface area contributed by atoms with E-state index in [-0.39, 0.29) is 11.7 Å². The maximum absolute atomic E-state index is 12.8. The fraction of sp³-hybridized carbons (Fsp3) is 0.143. The van der Waals surface area contributed by atoms with Crippen LogP contribution in [0.25, 0.3) is 0 Å². The number of nitrogens with one attached hydrogen (secondary N) is 1. The quantitative estimate of drug-likeness (QED) is 0.873. The van der Waals surface area contributed by atoms with Crippen molar-refractivity contribution in [3.63, 3.8) is 0 Å². The largest absolute Gasteiger partial charge is 0.348 e. The number of hydrogen-bond acceptors (Lipinski definition) is 3. The Balaban J connectivity index is 2.03. The minimum atomic E-state index is -0.285. The van der Waals surface area contributed by atoms with Gasteiger partial charge in [0.1, 0.15) is 10.8 Å². The SMILES string of the molecule is CSc1ncccc1C(=O)NCc1ccc(F)cc1. The van der Waals surface area contributed by atoms with Crippen molar-refractivity contribution in [1.29, 1.82) is 0 Å². The van der Waals surface area contributed by atoms with Crippen LogP contribution in [0.5, 0.6) is 0 Å². The second kappa shape index (κ2) is 6.33. The van der Waals surface area contributed by atoms with E-state index in [2.05, 4.69) is 10.3 Å². The molecule has 2 rings (SSSR count). The van der Waals surface area contributed by atoms with E-state index in [0.717, 1.165) is 5.56 Å². The number of halogens is 1. The van der Waals surface area contributed by atoms with Crippen molar-refractivity contribution in [1.82, 2.24) is 10.3 Å². The Morgan fingerprint density at radius 2 is 2.05 bits per heavy atom. The van der Waals surface area contributed by atoms with E-state index in [1.54, 1.807) is 30.5 Å². The zero-order valence-corrected chi connectivity index (χ0v) is 11.2. The van der Waals surface area contributed by atoms with E-state index in [1.165, 1.54) is 23.9 Å². The van der Waals surface area contributed by atoms with Gasteiger partial charge in [-0.3, -0.25) is 4.79 Å². The third-order valence-corrected chi connectivity index (χ3v) is 3.29. The Hall–Kier alpha value is -1.88. The number of amides is 1. The van der Waals surface area contributed by atoms with Crippen LogP contribution in [-0.2, 0) is 6.54 Å². The lowest BCUT2D eigenvalue weighted by atomic mass is 10.2. The minimum absolute atomic E-state index is 0.179. The fourth-order valence-corrected chi connectivity index (χ4v) is 2.15. The molecular weight excluding hydrogens is 263 g/mol. The van der Waals surface area contributed by atoms with Gasteiger partial charge in [0, 0.05) is 12.7 Å². The van der Waals surface area contributed by atoms with Crippen LogP contribution in [0.1, 0.15) is 15.9 Å². The van der Waals surface area contributed by atoms with Gasteiger partial charge in [0.2, 0.25) is 0 Å². The van der Waals surface area contributed by atoms with Gasteiger partial charge in [-0.15, -0.1) is 11.8 Å². The van der Waals surface area contributed by atoms with Gasteiger partial charge in [0.25, 0.3) is 5.91 Å². The number of pyridine rings is 1. The van der Waals surface area contributed by atoms with E-state index < -0.39 is 0 Å². The van der Waals surface area contributed by atoms with Crippen LogP contribution in [0.4, 0.5) is 4.39 Å². The van der Waals surface area contributed by atoms with E-state index in [9.17, 15) is 9.18 Å². The molecule has 0 aliphatic heterocycles. The summed E-state index contributed by atoms with van der Waals surface area (Å²) in [6.07, 6.45) is 3.53. The number of hydrogen-bond donors (Lipinski definition) is 1. The molecule has 0 aliphatic carbocycles. The summed E-state index contributed by atoms with van der Waals surface area (Å²) >= 11 is 1.43.